The van der Waals surface area contributed by atoms with Gasteiger partial charge in [0.25, 0.3) is 0 Å². The summed E-state index contributed by atoms with van der Waals surface area (Å²) >= 11 is 0. The van der Waals surface area contributed by atoms with Crippen LogP contribution in [-0.2, 0) is 14.3 Å². The summed E-state index contributed by atoms with van der Waals surface area (Å²) in [5, 5.41) is 8.36. The molecule has 0 rings (SSSR count). The van der Waals surface area contributed by atoms with Crippen molar-refractivity contribution in [1.29, 1.82) is 0 Å². The van der Waals surface area contributed by atoms with E-state index in [1.807, 2.05) is 0 Å². The lowest BCUT2D eigenvalue weighted by Crippen LogP contribution is -2.30. The first-order valence-corrected chi connectivity index (χ1v) is 3.36. The molecule has 0 aliphatic carbocycles. The van der Waals surface area contributed by atoms with E-state index in [9.17, 15) is 4.79 Å². The summed E-state index contributed by atoms with van der Waals surface area (Å²) in [6, 6.07) is 0. The molecule has 0 heterocycles. The average Bonchev–Trinajstić information content (AvgIpc) is 2.00. The monoisotopic (exact) mass is 162 g/mol. The van der Waals surface area contributed by atoms with Gasteiger partial charge < -0.3 is 14.6 Å². The smallest absolute Gasteiger partial charge is 0.303 e. The third-order valence-corrected chi connectivity index (χ3v) is 1.66. The lowest BCUT2D eigenvalue weighted by molar-refractivity contribution is -0.199. The van der Waals surface area contributed by atoms with E-state index in [-0.39, 0.29) is 6.42 Å². The zero-order chi connectivity index (χ0) is 8.91. The molecule has 0 saturated heterocycles. The van der Waals surface area contributed by atoms with Gasteiger partial charge in [-0.05, 0) is 6.92 Å². The number of aliphatic carboxylic acids is 1. The van der Waals surface area contributed by atoms with Crippen molar-refractivity contribution in [2.45, 2.75) is 25.6 Å². The number of carboxylic acids is 1. The zero-order valence-electron chi connectivity index (χ0n) is 7.09. The van der Waals surface area contributed by atoms with Crippen LogP contribution in [0.25, 0.3) is 0 Å². The molecule has 0 saturated carbocycles. The maximum absolute atomic E-state index is 10.2. The third kappa shape index (κ3) is 3.95. The second-order valence-electron chi connectivity index (χ2n) is 2.44. The van der Waals surface area contributed by atoms with Crippen LogP contribution in [0.2, 0.25) is 0 Å². The summed E-state index contributed by atoms with van der Waals surface area (Å²) in [4.78, 5) is 10.2. The van der Waals surface area contributed by atoms with E-state index in [0.29, 0.717) is 6.42 Å². The highest BCUT2D eigenvalue weighted by Gasteiger charge is 2.23. The van der Waals surface area contributed by atoms with Gasteiger partial charge in [0, 0.05) is 20.6 Å². The molecule has 0 amide bonds. The van der Waals surface area contributed by atoms with Crippen LogP contribution in [0.5, 0.6) is 0 Å². The fourth-order valence-electron chi connectivity index (χ4n) is 0.621. The standard InChI is InChI=1S/C7H14O4/c1-7(10-2,11-3)5-4-6(8)9/h4-5H2,1-3H3,(H,8,9). The molecule has 0 bridgehead atoms. The number of carbonyl (C=O) groups is 1. The molecule has 0 aromatic carbocycles. The van der Waals surface area contributed by atoms with Gasteiger partial charge in [0.2, 0.25) is 0 Å². The van der Waals surface area contributed by atoms with Crippen LogP contribution >= 0.6 is 0 Å². The number of hydrogen-bond donors (Lipinski definition) is 1. The molecule has 11 heavy (non-hydrogen) atoms. The van der Waals surface area contributed by atoms with E-state index in [2.05, 4.69) is 0 Å². The molecule has 0 atom stereocenters. The molecule has 0 unspecified atom stereocenters. The molecule has 0 aliphatic heterocycles. The van der Waals surface area contributed by atoms with Gasteiger partial charge in [-0.25, -0.2) is 0 Å². The molecule has 66 valence electrons. The Balaban J connectivity index is 3.78. The van der Waals surface area contributed by atoms with Crippen LogP contribution < -0.4 is 0 Å². The number of carboxylic acid groups (broad SMARTS) is 1. The third-order valence-electron chi connectivity index (χ3n) is 1.66. The van der Waals surface area contributed by atoms with Crippen molar-refractivity contribution in [2.24, 2.45) is 0 Å². The summed E-state index contributed by atoms with van der Waals surface area (Å²) in [6.07, 6.45) is 0.410. The lowest BCUT2D eigenvalue weighted by Gasteiger charge is -2.25. The molecular formula is C7H14O4. The van der Waals surface area contributed by atoms with Crippen molar-refractivity contribution >= 4 is 5.97 Å². The SMILES string of the molecule is COC(C)(CCC(=O)O)OC. The van der Waals surface area contributed by atoms with E-state index >= 15 is 0 Å². The predicted molar refractivity (Wildman–Crippen MR) is 39.3 cm³/mol. The number of methoxy groups -OCH3 is 2. The quantitative estimate of drug-likeness (QED) is 0.609. The second-order valence-corrected chi connectivity index (χ2v) is 2.44. The Labute approximate surface area is 66.1 Å². The number of rotatable bonds is 5. The Bertz CT molecular complexity index is 128. The Morgan fingerprint density at radius 2 is 1.91 bits per heavy atom. The van der Waals surface area contributed by atoms with Crippen LogP contribution in [0.3, 0.4) is 0 Å². The van der Waals surface area contributed by atoms with Crippen LogP contribution in [0.15, 0.2) is 0 Å². The normalized spacial score (nSPS) is 11.5. The van der Waals surface area contributed by atoms with Gasteiger partial charge in [0.05, 0.1) is 6.42 Å². The molecule has 1 N–H and O–H groups in total. The van der Waals surface area contributed by atoms with Crippen LogP contribution in [0.4, 0.5) is 0 Å². The van der Waals surface area contributed by atoms with Crippen molar-refractivity contribution in [3.05, 3.63) is 0 Å². The first-order valence-electron chi connectivity index (χ1n) is 3.36. The first-order chi connectivity index (χ1) is 5.04. The van der Waals surface area contributed by atoms with Crippen molar-refractivity contribution in [2.75, 3.05) is 14.2 Å². The Hall–Kier alpha value is -0.610. The number of ether oxygens (including phenoxy) is 2. The van der Waals surface area contributed by atoms with Gasteiger partial charge in [-0.2, -0.15) is 0 Å². The largest absolute Gasteiger partial charge is 0.481 e. The maximum Gasteiger partial charge on any atom is 0.303 e. The highest BCUT2D eigenvalue weighted by Crippen LogP contribution is 2.16. The highest BCUT2D eigenvalue weighted by atomic mass is 16.7. The second kappa shape index (κ2) is 4.31. The van der Waals surface area contributed by atoms with Crippen molar-refractivity contribution in [1.82, 2.24) is 0 Å². The van der Waals surface area contributed by atoms with Gasteiger partial charge in [-0.1, -0.05) is 0 Å². The summed E-state index contributed by atoms with van der Waals surface area (Å²) in [7, 11) is 2.98. The fraction of sp³-hybridized carbons (Fsp3) is 0.857. The van der Waals surface area contributed by atoms with Crippen molar-refractivity contribution < 1.29 is 19.4 Å². The van der Waals surface area contributed by atoms with E-state index in [1.54, 1.807) is 6.92 Å². The van der Waals surface area contributed by atoms with E-state index in [0.717, 1.165) is 0 Å². The highest BCUT2D eigenvalue weighted by molar-refractivity contribution is 5.66. The molecule has 0 aromatic rings. The van der Waals surface area contributed by atoms with Crippen molar-refractivity contribution in [3.63, 3.8) is 0 Å². The minimum absolute atomic E-state index is 0.0537. The van der Waals surface area contributed by atoms with Gasteiger partial charge in [-0.15, -0.1) is 0 Å². The predicted octanol–water partition coefficient (Wildman–Crippen LogP) is 0.860. The van der Waals surface area contributed by atoms with Crippen LogP contribution in [-0.4, -0.2) is 31.1 Å². The molecular weight excluding hydrogens is 148 g/mol. The Morgan fingerprint density at radius 1 is 1.45 bits per heavy atom. The van der Waals surface area contributed by atoms with E-state index < -0.39 is 11.8 Å². The Morgan fingerprint density at radius 3 is 2.18 bits per heavy atom. The summed E-state index contributed by atoms with van der Waals surface area (Å²) in [6.45, 7) is 1.70. The summed E-state index contributed by atoms with van der Waals surface area (Å²) < 4.78 is 9.90. The molecule has 4 heteroatoms. The van der Waals surface area contributed by atoms with E-state index in [1.165, 1.54) is 14.2 Å². The fourth-order valence-corrected chi connectivity index (χ4v) is 0.621. The molecule has 0 fully saturated rings. The van der Waals surface area contributed by atoms with Gasteiger partial charge in [0.1, 0.15) is 0 Å². The molecule has 0 spiro atoms. The average molecular weight is 162 g/mol. The van der Waals surface area contributed by atoms with E-state index in [4.69, 9.17) is 14.6 Å². The summed E-state index contributed by atoms with van der Waals surface area (Å²) in [5.41, 5.74) is 0. The zero-order valence-corrected chi connectivity index (χ0v) is 7.09. The van der Waals surface area contributed by atoms with Gasteiger partial charge in [-0.3, -0.25) is 4.79 Å². The molecule has 0 aliphatic rings. The molecule has 0 radical (unpaired) electrons. The maximum atomic E-state index is 10.2. The van der Waals surface area contributed by atoms with Crippen LogP contribution in [0.1, 0.15) is 19.8 Å². The molecule has 0 aromatic heterocycles. The topological polar surface area (TPSA) is 55.8 Å². The lowest BCUT2D eigenvalue weighted by atomic mass is 10.2. The Kier molecular flexibility index (Phi) is 4.07. The van der Waals surface area contributed by atoms with Crippen molar-refractivity contribution in [3.8, 4) is 0 Å². The first kappa shape index (κ1) is 10.4. The van der Waals surface area contributed by atoms with Gasteiger partial charge >= 0.3 is 5.97 Å². The minimum atomic E-state index is -0.842. The van der Waals surface area contributed by atoms with Crippen LogP contribution in [0, 0.1) is 0 Å². The van der Waals surface area contributed by atoms with Gasteiger partial charge in [0.15, 0.2) is 5.79 Å². The minimum Gasteiger partial charge on any atom is -0.481 e. The summed E-state index contributed by atoms with van der Waals surface area (Å²) in [5.74, 6) is -1.61. The molecule has 4 nitrogen and oxygen atoms in total. The number of hydrogen-bond acceptors (Lipinski definition) is 3.